The van der Waals surface area contributed by atoms with E-state index in [4.69, 9.17) is 5.11 Å². The van der Waals surface area contributed by atoms with Crippen molar-refractivity contribution in [2.75, 3.05) is 12.0 Å². The summed E-state index contributed by atoms with van der Waals surface area (Å²) >= 11 is 0. The lowest BCUT2D eigenvalue weighted by Crippen LogP contribution is -2.00. The molecule has 2 aromatic rings. The predicted octanol–water partition coefficient (Wildman–Crippen LogP) is 2.72. The van der Waals surface area contributed by atoms with E-state index in [1.54, 1.807) is 0 Å². The van der Waals surface area contributed by atoms with Gasteiger partial charge in [0.2, 0.25) is 0 Å². The van der Waals surface area contributed by atoms with Gasteiger partial charge in [-0.05, 0) is 11.6 Å². The van der Waals surface area contributed by atoms with Gasteiger partial charge in [-0.25, -0.2) is 0 Å². The van der Waals surface area contributed by atoms with Crippen molar-refractivity contribution in [2.24, 2.45) is 0 Å². The first-order valence-corrected chi connectivity index (χ1v) is 4.91. The van der Waals surface area contributed by atoms with Crippen LogP contribution in [0.2, 0.25) is 0 Å². The van der Waals surface area contributed by atoms with Crippen LogP contribution in [-0.4, -0.2) is 11.8 Å². The van der Waals surface area contributed by atoms with Crippen LogP contribution in [0, 0.1) is 0 Å². The molecule has 2 N–H and O–H groups in total. The number of rotatable bonds is 3. The molecule has 0 aromatic heterocycles. The molecule has 0 aliphatic heterocycles. The summed E-state index contributed by atoms with van der Waals surface area (Å²) in [5.74, 6) is 0. The third-order valence-corrected chi connectivity index (χ3v) is 2.28. The predicted molar refractivity (Wildman–Crippen MR) is 62.6 cm³/mol. The number of hydrogen-bond donors (Lipinski definition) is 2. The van der Waals surface area contributed by atoms with Crippen molar-refractivity contribution in [2.45, 2.75) is 0 Å². The molecule has 15 heavy (non-hydrogen) atoms. The number of anilines is 1. The first kappa shape index (κ1) is 9.74. The second-order valence-corrected chi connectivity index (χ2v) is 3.25. The summed E-state index contributed by atoms with van der Waals surface area (Å²) in [6.07, 6.45) is 0. The summed E-state index contributed by atoms with van der Waals surface area (Å²) in [4.78, 5) is 0. The standard InChI is InChI=1S/C13H13NO/c15-10-14-13-9-5-4-8-12(13)11-6-2-1-3-7-11/h1-9,14-15H,10H2. The molecule has 2 aromatic carbocycles. The normalized spacial score (nSPS) is 9.93. The molecular formula is C13H13NO. The van der Waals surface area contributed by atoms with E-state index in [1.807, 2.05) is 42.5 Å². The van der Waals surface area contributed by atoms with Crippen molar-refractivity contribution in [3.63, 3.8) is 0 Å². The number of para-hydroxylation sites is 1. The molecule has 0 fully saturated rings. The maximum atomic E-state index is 8.88. The largest absolute Gasteiger partial charge is 0.377 e. The Labute approximate surface area is 89.2 Å². The fourth-order valence-electron chi connectivity index (χ4n) is 1.59. The maximum Gasteiger partial charge on any atom is 0.113 e. The summed E-state index contributed by atoms with van der Waals surface area (Å²) in [5.41, 5.74) is 3.20. The van der Waals surface area contributed by atoms with Crippen LogP contribution < -0.4 is 5.32 Å². The van der Waals surface area contributed by atoms with E-state index in [0.29, 0.717) is 0 Å². The van der Waals surface area contributed by atoms with Crippen LogP contribution in [0.3, 0.4) is 0 Å². The van der Waals surface area contributed by atoms with Gasteiger partial charge in [0.15, 0.2) is 0 Å². The van der Waals surface area contributed by atoms with Crippen LogP contribution in [-0.2, 0) is 0 Å². The number of nitrogens with one attached hydrogen (secondary N) is 1. The van der Waals surface area contributed by atoms with Gasteiger partial charge in [-0.2, -0.15) is 0 Å². The molecule has 0 saturated heterocycles. The molecule has 2 heteroatoms. The molecule has 0 atom stereocenters. The van der Waals surface area contributed by atoms with Gasteiger partial charge in [0.05, 0.1) is 0 Å². The summed E-state index contributed by atoms with van der Waals surface area (Å²) < 4.78 is 0. The van der Waals surface area contributed by atoms with Gasteiger partial charge in [-0.15, -0.1) is 0 Å². The molecule has 0 heterocycles. The first-order valence-electron chi connectivity index (χ1n) is 4.91. The van der Waals surface area contributed by atoms with E-state index in [-0.39, 0.29) is 6.73 Å². The van der Waals surface area contributed by atoms with Crippen molar-refractivity contribution in [3.05, 3.63) is 54.6 Å². The molecule has 2 nitrogen and oxygen atoms in total. The Bertz CT molecular complexity index is 426. The molecule has 0 bridgehead atoms. The number of hydrogen-bond acceptors (Lipinski definition) is 2. The molecule has 0 unspecified atom stereocenters. The third kappa shape index (κ3) is 2.17. The molecular weight excluding hydrogens is 186 g/mol. The SMILES string of the molecule is OCNc1ccccc1-c1ccccc1. The highest BCUT2D eigenvalue weighted by molar-refractivity contribution is 5.77. The Morgan fingerprint density at radius 2 is 1.53 bits per heavy atom. The van der Waals surface area contributed by atoms with Gasteiger partial charge >= 0.3 is 0 Å². The highest BCUT2D eigenvalue weighted by Crippen LogP contribution is 2.26. The van der Waals surface area contributed by atoms with Crippen molar-refractivity contribution >= 4 is 5.69 Å². The Morgan fingerprint density at radius 1 is 0.867 bits per heavy atom. The van der Waals surface area contributed by atoms with E-state index in [1.165, 1.54) is 0 Å². The van der Waals surface area contributed by atoms with E-state index in [0.717, 1.165) is 16.8 Å². The molecule has 0 spiro atoms. The van der Waals surface area contributed by atoms with Crippen LogP contribution in [0.1, 0.15) is 0 Å². The van der Waals surface area contributed by atoms with Crippen LogP contribution in [0.15, 0.2) is 54.6 Å². The van der Waals surface area contributed by atoms with Crippen LogP contribution in [0.25, 0.3) is 11.1 Å². The molecule has 2 rings (SSSR count). The van der Waals surface area contributed by atoms with Gasteiger partial charge in [0.1, 0.15) is 6.73 Å². The molecule has 0 amide bonds. The molecule has 0 radical (unpaired) electrons. The number of benzene rings is 2. The quantitative estimate of drug-likeness (QED) is 0.745. The Morgan fingerprint density at radius 3 is 2.27 bits per heavy atom. The van der Waals surface area contributed by atoms with E-state index in [2.05, 4.69) is 17.4 Å². The van der Waals surface area contributed by atoms with Gasteiger partial charge in [0.25, 0.3) is 0 Å². The fourth-order valence-corrected chi connectivity index (χ4v) is 1.59. The molecule has 0 saturated carbocycles. The van der Waals surface area contributed by atoms with Crippen LogP contribution >= 0.6 is 0 Å². The van der Waals surface area contributed by atoms with Gasteiger partial charge < -0.3 is 10.4 Å². The van der Waals surface area contributed by atoms with Crippen molar-refractivity contribution in [1.29, 1.82) is 0 Å². The number of aliphatic hydroxyl groups excluding tert-OH is 1. The van der Waals surface area contributed by atoms with Crippen LogP contribution in [0.4, 0.5) is 5.69 Å². The minimum absolute atomic E-state index is 0.0517. The summed E-state index contributed by atoms with van der Waals surface area (Å²) in [5, 5.41) is 11.8. The third-order valence-electron chi connectivity index (χ3n) is 2.28. The number of aliphatic hydroxyl groups is 1. The molecule has 76 valence electrons. The summed E-state index contributed by atoms with van der Waals surface area (Å²) in [6.45, 7) is -0.0517. The zero-order chi connectivity index (χ0) is 10.5. The van der Waals surface area contributed by atoms with E-state index >= 15 is 0 Å². The second-order valence-electron chi connectivity index (χ2n) is 3.25. The average Bonchev–Trinajstić information content (AvgIpc) is 2.31. The Hall–Kier alpha value is -1.80. The minimum Gasteiger partial charge on any atom is -0.377 e. The van der Waals surface area contributed by atoms with Gasteiger partial charge in [-0.3, -0.25) is 0 Å². The lowest BCUT2D eigenvalue weighted by Gasteiger charge is -2.09. The van der Waals surface area contributed by atoms with Gasteiger partial charge in [0, 0.05) is 11.3 Å². The fraction of sp³-hybridized carbons (Fsp3) is 0.0769. The highest BCUT2D eigenvalue weighted by atomic mass is 16.3. The minimum atomic E-state index is -0.0517. The maximum absolute atomic E-state index is 8.88. The highest BCUT2D eigenvalue weighted by Gasteiger charge is 2.01. The lowest BCUT2D eigenvalue weighted by molar-refractivity contribution is 0.326. The topological polar surface area (TPSA) is 32.3 Å². The first-order chi connectivity index (χ1) is 7.42. The van der Waals surface area contributed by atoms with Crippen LogP contribution in [0.5, 0.6) is 0 Å². The van der Waals surface area contributed by atoms with E-state index in [9.17, 15) is 0 Å². The van der Waals surface area contributed by atoms with E-state index < -0.39 is 0 Å². The smallest absolute Gasteiger partial charge is 0.113 e. The van der Waals surface area contributed by atoms with Crippen molar-refractivity contribution < 1.29 is 5.11 Å². The zero-order valence-corrected chi connectivity index (χ0v) is 8.35. The molecule has 0 aliphatic carbocycles. The Balaban J connectivity index is 2.43. The lowest BCUT2D eigenvalue weighted by atomic mass is 10.0. The monoisotopic (exact) mass is 199 g/mol. The zero-order valence-electron chi connectivity index (χ0n) is 8.35. The van der Waals surface area contributed by atoms with Crippen molar-refractivity contribution in [3.8, 4) is 11.1 Å². The van der Waals surface area contributed by atoms with Crippen molar-refractivity contribution in [1.82, 2.24) is 0 Å². The second kappa shape index (κ2) is 4.62. The summed E-state index contributed by atoms with van der Waals surface area (Å²) in [7, 11) is 0. The van der Waals surface area contributed by atoms with Gasteiger partial charge in [-0.1, -0.05) is 48.5 Å². The summed E-state index contributed by atoms with van der Waals surface area (Å²) in [6, 6.07) is 18.0. The molecule has 0 aliphatic rings. The average molecular weight is 199 g/mol. The Kier molecular flexibility index (Phi) is 3.00.